The predicted octanol–water partition coefficient (Wildman–Crippen LogP) is 1.52. The Hall–Kier alpha value is -0.570. The maximum atomic E-state index is 10.8. The highest BCUT2D eigenvalue weighted by atomic mass is 16.5. The van der Waals surface area contributed by atoms with E-state index in [1.54, 1.807) is 20.8 Å². The molecular weight excluding hydrogens is 142 g/mol. The Balaban J connectivity index is 0. The Labute approximate surface area is 68.9 Å². The van der Waals surface area contributed by atoms with Crippen molar-refractivity contribution in [2.75, 3.05) is 6.73 Å². The molecule has 0 spiro atoms. The van der Waals surface area contributed by atoms with Crippen LogP contribution in [0.4, 0.5) is 0 Å². The van der Waals surface area contributed by atoms with Crippen LogP contribution in [0.15, 0.2) is 0 Å². The molecule has 2 N–H and O–H groups in total. The van der Waals surface area contributed by atoms with Crippen molar-refractivity contribution in [1.29, 1.82) is 0 Å². The molecule has 11 heavy (non-hydrogen) atoms. The predicted molar refractivity (Wildman–Crippen MR) is 45.9 cm³/mol. The normalized spacial score (nSPS) is 9.64. The average Bonchev–Trinajstić information content (AvgIpc) is 1.91. The van der Waals surface area contributed by atoms with E-state index in [-0.39, 0.29) is 12.7 Å². The SMILES string of the molecule is CC.CC(C)(C)C(=O)OCN. The molecule has 0 aliphatic rings. The van der Waals surface area contributed by atoms with Crippen LogP contribution in [-0.2, 0) is 9.53 Å². The molecule has 0 atom stereocenters. The maximum absolute atomic E-state index is 10.8. The number of rotatable bonds is 1. The number of hydrogen-bond donors (Lipinski definition) is 1. The van der Waals surface area contributed by atoms with Crippen LogP contribution in [-0.4, -0.2) is 12.7 Å². The lowest BCUT2D eigenvalue weighted by Gasteiger charge is -2.14. The van der Waals surface area contributed by atoms with Crippen LogP contribution in [0.25, 0.3) is 0 Å². The standard InChI is InChI=1S/C6H13NO2.C2H6/c1-6(2,3)5(8)9-4-7;1-2/h4,7H2,1-3H3;1-2H3. The van der Waals surface area contributed by atoms with Gasteiger partial charge >= 0.3 is 5.97 Å². The summed E-state index contributed by atoms with van der Waals surface area (Å²) in [6.07, 6.45) is 0. The zero-order valence-electron chi connectivity index (χ0n) is 8.10. The Morgan fingerprint density at radius 3 is 1.82 bits per heavy atom. The Morgan fingerprint density at radius 2 is 1.73 bits per heavy atom. The van der Waals surface area contributed by atoms with E-state index >= 15 is 0 Å². The molecular formula is C8H19NO2. The van der Waals surface area contributed by atoms with E-state index in [1.807, 2.05) is 13.8 Å². The van der Waals surface area contributed by atoms with Crippen molar-refractivity contribution in [2.24, 2.45) is 11.1 Å². The third kappa shape index (κ3) is 7.33. The second kappa shape index (κ2) is 6.16. The summed E-state index contributed by atoms with van der Waals surface area (Å²) in [4.78, 5) is 10.8. The van der Waals surface area contributed by atoms with Gasteiger partial charge in [-0.15, -0.1) is 0 Å². The third-order valence-corrected chi connectivity index (χ3v) is 0.827. The first-order valence-corrected chi connectivity index (χ1v) is 3.86. The summed E-state index contributed by atoms with van der Waals surface area (Å²) in [6.45, 7) is 9.32. The molecule has 0 saturated carbocycles. The Kier molecular flexibility index (Phi) is 7.31. The van der Waals surface area contributed by atoms with Crippen LogP contribution < -0.4 is 5.73 Å². The molecule has 0 rings (SSSR count). The molecule has 0 aliphatic heterocycles. The molecule has 68 valence electrons. The fourth-order valence-electron chi connectivity index (χ4n) is 0.292. The summed E-state index contributed by atoms with van der Waals surface area (Å²) in [5, 5.41) is 0. The number of ether oxygens (including phenoxy) is 1. The first kappa shape index (κ1) is 13.1. The summed E-state index contributed by atoms with van der Waals surface area (Å²) in [5.74, 6) is -0.259. The summed E-state index contributed by atoms with van der Waals surface area (Å²) in [7, 11) is 0. The van der Waals surface area contributed by atoms with Gasteiger partial charge in [-0.1, -0.05) is 13.8 Å². The molecule has 0 bridgehead atoms. The second-order valence-electron chi connectivity index (χ2n) is 2.85. The minimum atomic E-state index is -0.431. The summed E-state index contributed by atoms with van der Waals surface area (Å²) < 4.78 is 4.55. The third-order valence-electron chi connectivity index (χ3n) is 0.827. The van der Waals surface area contributed by atoms with E-state index in [1.165, 1.54) is 0 Å². The number of nitrogens with two attached hydrogens (primary N) is 1. The smallest absolute Gasteiger partial charge is 0.312 e. The highest BCUT2D eigenvalue weighted by Gasteiger charge is 2.22. The van der Waals surface area contributed by atoms with Crippen LogP contribution >= 0.6 is 0 Å². The van der Waals surface area contributed by atoms with E-state index < -0.39 is 5.41 Å². The summed E-state index contributed by atoms with van der Waals surface area (Å²) in [6, 6.07) is 0. The first-order valence-electron chi connectivity index (χ1n) is 3.86. The zero-order valence-corrected chi connectivity index (χ0v) is 8.10. The van der Waals surface area contributed by atoms with Crippen LogP contribution in [0, 0.1) is 5.41 Å². The molecule has 3 heteroatoms. The van der Waals surface area contributed by atoms with Gasteiger partial charge in [0.1, 0.15) is 6.73 Å². The van der Waals surface area contributed by atoms with Gasteiger partial charge in [0.05, 0.1) is 5.41 Å². The number of carbonyl (C=O) groups excluding carboxylic acids is 1. The van der Waals surface area contributed by atoms with Gasteiger partial charge in [0.2, 0.25) is 0 Å². The molecule has 0 aromatic rings. The molecule has 0 aromatic carbocycles. The van der Waals surface area contributed by atoms with Gasteiger partial charge in [-0.2, -0.15) is 0 Å². The Morgan fingerprint density at radius 1 is 1.36 bits per heavy atom. The van der Waals surface area contributed by atoms with E-state index in [0.29, 0.717) is 0 Å². The quantitative estimate of drug-likeness (QED) is 0.468. The minimum Gasteiger partial charge on any atom is -0.450 e. The zero-order chi connectivity index (χ0) is 9.49. The second-order valence-corrected chi connectivity index (χ2v) is 2.85. The van der Waals surface area contributed by atoms with Crippen LogP contribution in [0.1, 0.15) is 34.6 Å². The van der Waals surface area contributed by atoms with Gasteiger partial charge in [0, 0.05) is 0 Å². The van der Waals surface area contributed by atoms with Gasteiger partial charge < -0.3 is 4.74 Å². The molecule has 0 aliphatic carbocycles. The summed E-state index contributed by atoms with van der Waals surface area (Å²) >= 11 is 0. The molecule has 3 nitrogen and oxygen atoms in total. The highest BCUT2D eigenvalue weighted by molar-refractivity contribution is 5.75. The van der Waals surface area contributed by atoms with Crippen molar-refractivity contribution in [3.8, 4) is 0 Å². The lowest BCUT2D eigenvalue weighted by Crippen LogP contribution is -2.25. The maximum Gasteiger partial charge on any atom is 0.312 e. The first-order chi connectivity index (χ1) is 4.98. The Bertz CT molecular complexity index is 105. The minimum absolute atomic E-state index is 0.0316. The van der Waals surface area contributed by atoms with Crippen molar-refractivity contribution in [3.05, 3.63) is 0 Å². The van der Waals surface area contributed by atoms with Crippen molar-refractivity contribution in [2.45, 2.75) is 34.6 Å². The largest absolute Gasteiger partial charge is 0.450 e. The van der Waals surface area contributed by atoms with Crippen LogP contribution in [0.3, 0.4) is 0 Å². The van der Waals surface area contributed by atoms with Gasteiger partial charge in [0.15, 0.2) is 0 Å². The molecule has 0 saturated heterocycles. The van der Waals surface area contributed by atoms with Crippen molar-refractivity contribution in [1.82, 2.24) is 0 Å². The molecule has 0 fully saturated rings. The van der Waals surface area contributed by atoms with E-state index in [0.717, 1.165) is 0 Å². The number of hydrogen-bond acceptors (Lipinski definition) is 3. The van der Waals surface area contributed by atoms with Gasteiger partial charge in [-0.3, -0.25) is 10.5 Å². The van der Waals surface area contributed by atoms with Gasteiger partial charge in [0.25, 0.3) is 0 Å². The molecule has 0 amide bonds. The van der Waals surface area contributed by atoms with E-state index in [2.05, 4.69) is 4.74 Å². The summed E-state index contributed by atoms with van der Waals surface area (Å²) in [5.41, 5.74) is 4.55. The number of esters is 1. The highest BCUT2D eigenvalue weighted by Crippen LogP contribution is 2.14. The fourth-order valence-corrected chi connectivity index (χ4v) is 0.292. The van der Waals surface area contributed by atoms with Crippen molar-refractivity contribution < 1.29 is 9.53 Å². The lowest BCUT2D eigenvalue weighted by atomic mass is 9.98. The monoisotopic (exact) mass is 161 g/mol. The average molecular weight is 161 g/mol. The van der Waals surface area contributed by atoms with Crippen LogP contribution in [0.5, 0.6) is 0 Å². The topological polar surface area (TPSA) is 52.3 Å². The molecule has 0 unspecified atom stereocenters. The van der Waals surface area contributed by atoms with E-state index in [9.17, 15) is 4.79 Å². The fraction of sp³-hybridized carbons (Fsp3) is 0.875. The van der Waals surface area contributed by atoms with Gasteiger partial charge in [-0.05, 0) is 20.8 Å². The van der Waals surface area contributed by atoms with E-state index in [4.69, 9.17) is 5.73 Å². The lowest BCUT2D eigenvalue weighted by molar-refractivity contribution is -0.152. The van der Waals surface area contributed by atoms with Crippen LogP contribution in [0.2, 0.25) is 0 Å². The molecule has 0 radical (unpaired) electrons. The molecule has 0 heterocycles. The van der Waals surface area contributed by atoms with Gasteiger partial charge in [-0.25, -0.2) is 0 Å². The number of carbonyl (C=O) groups is 1. The molecule has 0 aromatic heterocycles. The van der Waals surface area contributed by atoms with Crippen molar-refractivity contribution in [3.63, 3.8) is 0 Å². The van der Waals surface area contributed by atoms with Crippen molar-refractivity contribution >= 4 is 5.97 Å².